The zero-order valence-corrected chi connectivity index (χ0v) is 9.23. The normalized spacial score (nSPS) is 11.3. The minimum atomic E-state index is -0.361. The predicted octanol–water partition coefficient (Wildman–Crippen LogP) is 0.0737. The van der Waals surface area contributed by atoms with Gasteiger partial charge in [0.1, 0.15) is 0 Å². The van der Waals surface area contributed by atoms with E-state index in [0.29, 0.717) is 18.3 Å². The molecule has 84 valence electrons. The van der Waals surface area contributed by atoms with Crippen LogP contribution in [0.4, 0.5) is 0 Å². The summed E-state index contributed by atoms with van der Waals surface area (Å²) in [5.74, 6) is 0.732. The molecule has 0 aliphatic carbocycles. The Kier molecular flexibility index (Phi) is 3.79. The first kappa shape index (κ1) is 11.6. The van der Waals surface area contributed by atoms with Crippen molar-refractivity contribution in [3.63, 3.8) is 0 Å². The van der Waals surface area contributed by atoms with Crippen LogP contribution >= 0.6 is 0 Å². The van der Waals surface area contributed by atoms with Crippen LogP contribution in [0, 0.1) is 6.92 Å². The molecule has 1 aromatic rings. The summed E-state index contributed by atoms with van der Waals surface area (Å²) in [6.07, 6.45) is 0. The van der Waals surface area contributed by atoms with E-state index in [0.717, 1.165) is 0 Å². The van der Waals surface area contributed by atoms with E-state index in [1.165, 1.54) is 0 Å². The first-order valence-electron chi connectivity index (χ1n) is 4.80. The fourth-order valence-corrected chi connectivity index (χ4v) is 1.20. The van der Waals surface area contributed by atoms with E-state index in [-0.39, 0.29) is 18.5 Å². The largest absolute Gasteiger partial charge is 0.369 e. The van der Waals surface area contributed by atoms with E-state index in [1.54, 1.807) is 6.92 Å². The molecular weight excluding hydrogens is 196 g/mol. The number of primary amides is 1. The van der Waals surface area contributed by atoms with Gasteiger partial charge in [0.05, 0.1) is 13.1 Å². The lowest BCUT2D eigenvalue weighted by molar-refractivity contribution is -0.119. The second kappa shape index (κ2) is 4.88. The Balaban J connectivity index is 2.62. The van der Waals surface area contributed by atoms with Gasteiger partial charge in [-0.25, -0.2) is 0 Å². The molecule has 1 aromatic heterocycles. The van der Waals surface area contributed by atoms with Gasteiger partial charge >= 0.3 is 0 Å². The highest BCUT2D eigenvalue weighted by molar-refractivity contribution is 5.75. The molecule has 0 aliphatic rings. The highest BCUT2D eigenvalue weighted by Gasteiger charge is 2.15. The van der Waals surface area contributed by atoms with Crippen LogP contribution in [0.15, 0.2) is 4.52 Å². The summed E-state index contributed by atoms with van der Waals surface area (Å²) in [6.45, 7) is 6.35. The van der Waals surface area contributed by atoms with Crippen molar-refractivity contribution in [2.24, 2.45) is 5.73 Å². The molecule has 0 saturated carbocycles. The highest BCUT2D eigenvalue weighted by atomic mass is 16.5. The quantitative estimate of drug-likeness (QED) is 0.746. The van der Waals surface area contributed by atoms with Crippen LogP contribution in [0.5, 0.6) is 0 Å². The second-order valence-corrected chi connectivity index (χ2v) is 3.70. The lowest BCUT2D eigenvalue weighted by atomic mass is 10.3. The zero-order valence-electron chi connectivity index (χ0n) is 9.23. The van der Waals surface area contributed by atoms with Crippen molar-refractivity contribution < 1.29 is 9.32 Å². The summed E-state index contributed by atoms with van der Waals surface area (Å²) >= 11 is 0. The third kappa shape index (κ3) is 3.67. The number of nitrogens with two attached hydrogens (primary N) is 1. The summed E-state index contributed by atoms with van der Waals surface area (Å²) in [4.78, 5) is 16.8. The summed E-state index contributed by atoms with van der Waals surface area (Å²) in [5, 5.41) is 3.68. The highest BCUT2D eigenvalue weighted by Crippen LogP contribution is 2.05. The number of carbonyl (C=O) groups excluding carboxylic acids is 1. The molecule has 0 radical (unpaired) electrons. The van der Waals surface area contributed by atoms with Crippen LogP contribution in [0.25, 0.3) is 0 Å². The first-order valence-corrected chi connectivity index (χ1v) is 4.80. The van der Waals surface area contributed by atoms with Crippen LogP contribution in [-0.2, 0) is 11.3 Å². The van der Waals surface area contributed by atoms with E-state index in [4.69, 9.17) is 10.3 Å². The Morgan fingerprint density at radius 1 is 1.60 bits per heavy atom. The predicted molar refractivity (Wildman–Crippen MR) is 53.8 cm³/mol. The molecule has 6 nitrogen and oxygen atoms in total. The molecule has 15 heavy (non-hydrogen) atoms. The van der Waals surface area contributed by atoms with Crippen molar-refractivity contribution in [3.8, 4) is 0 Å². The van der Waals surface area contributed by atoms with Gasteiger partial charge in [-0.2, -0.15) is 4.98 Å². The van der Waals surface area contributed by atoms with Crippen molar-refractivity contribution in [1.29, 1.82) is 0 Å². The van der Waals surface area contributed by atoms with Crippen LogP contribution in [0.3, 0.4) is 0 Å². The van der Waals surface area contributed by atoms with Crippen molar-refractivity contribution in [1.82, 2.24) is 15.0 Å². The average Bonchev–Trinajstić information content (AvgIpc) is 2.49. The summed E-state index contributed by atoms with van der Waals surface area (Å²) in [7, 11) is 0. The molecule has 0 unspecified atom stereocenters. The molecule has 1 amide bonds. The molecule has 0 fully saturated rings. The van der Waals surface area contributed by atoms with Gasteiger partial charge in [0, 0.05) is 6.04 Å². The van der Waals surface area contributed by atoms with E-state index in [2.05, 4.69) is 10.1 Å². The monoisotopic (exact) mass is 212 g/mol. The molecule has 1 rings (SSSR count). The summed E-state index contributed by atoms with van der Waals surface area (Å²) < 4.78 is 4.97. The lowest BCUT2D eigenvalue weighted by Crippen LogP contribution is -2.38. The van der Waals surface area contributed by atoms with Gasteiger partial charge in [-0.05, 0) is 20.8 Å². The Bertz CT molecular complexity index is 335. The maximum Gasteiger partial charge on any atom is 0.240 e. The molecule has 0 bridgehead atoms. The molecule has 2 N–H and O–H groups in total. The Morgan fingerprint density at radius 3 is 2.67 bits per heavy atom. The van der Waals surface area contributed by atoms with Crippen LogP contribution in [0.2, 0.25) is 0 Å². The van der Waals surface area contributed by atoms with Crippen molar-refractivity contribution >= 4 is 5.91 Å². The molecule has 0 aliphatic heterocycles. The van der Waals surface area contributed by atoms with Crippen molar-refractivity contribution in [3.05, 3.63) is 11.7 Å². The number of carbonyl (C=O) groups is 1. The van der Waals surface area contributed by atoms with E-state index < -0.39 is 0 Å². The first-order chi connectivity index (χ1) is 6.99. The Hall–Kier alpha value is -1.43. The van der Waals surface area contributed by atoms with Gasteiger partial charge in [0.15, 0.2) is 5.82 Å². The lowest BCUT2D eigenvalue weighted by Gasteiger charge is -2.22. The fourth-order valence-electron chi connectivity index (χ4n) is 1.20. The number of hydrogen-bond acceptors (Lipinski definition) is 5. The maximum absolute atomic E-state index is 10.8. The summed E-state index contributed by atoms with van der Waals surface area (Å²) in [5.41, 5.74) is 5.14. The second-order valence-electron chi connectivity index (χ2n) is 3.70. The average molecular weight is 212 g/mol. The number of rotatable bonds is 5. The smallest absolute Gasteiger partial charge is 0.240 e. The van der Waals surface area contributed by atoms with Crippen LogP contribution < -0.4 is 5.73 Å². The minimum absolute atomic E-state index is 0.194. The Morgan fingerprint density at radius 2 is 2.27 bits per heavy atom. The summed E-state index contributed by atoms with van der Waals surface area (Å²) in [6, 6.07) is 0.199. The van der Waals surface area contributed by atoms with Gasteiger partial charge < -0.3 is 10.3 Å². The van der Waals surface area contributed by atoms with E-state index >= 15 is 0 Å². The van der Waals surface area contributed by atoms with E-state index in [9.17, 15) is 4.79 Å². The van der Waals surface area contributed by atoms with E-state index in [1.807, 2.05) is 18.7 Å². The third-order valence-corrected chi connectivity index (χ3v) is 2.00. The third-order valence-electron chi connectivity index (χ3n) is 2.00. The van der Waals surface area contributed by atoms with Crippen LogP contribution in [-0.4, -0.2) is 33.5 Å². The molecule has 0 saturated heterocycles. The van der Waals surface area contributed by atoms with Gasteiger partial charge in [-0.3, -0.25) is 9.69 Å². The molecular formula is C9H16N4O2. The van der Waals surface area contributed by atoms with Gasteiger partial charge in [-0.1, -0.05) is 5.16 Å². The SMILES string of the molecule is Cc1noc(CN(CC(N)=O)C(C)C)n1. The van der Waals surface area contributed by atoms with Gasteiger partial charge in [0.25, 0.3) is 0 Å². The maximum atomic E-state index is 10.8. The number of aromatic nitrogens is 2. The van der Waals surface area contributed by atoms with Gasteiger partial charge in [-0.15, -0.1) is 0 Å². The molecule has 0 atom stereocenters. The molecule has 0 aromatic carbocycles. The fraction of sp³-hybridized carbons (Fsp3) is 0.667. The Labute approximate surface area is 88.4 Å². The molecule has 6 heteroatoms. The van der Waals surface area contributed by atoms with Crippen molar-refractivity contribution in [2.75, 3.05) is 6.54 Å². The van der Waals surface area contributed by atoms with Gasteiger partial charge in [0.2, 0.25) is 11.8 Å². The van der Waals surface area contributed by atoms with Crippen LogP contribution in [0.1, 0.15) is 25.6 Å². The molecule has 1 heterocycles. The minimum Gasteiger partial charge on any atom is -0.369 e. The van der Waals surface area contributed by atoms with Crippen molar-refractivity contribution in [2.45, 2.75) is 33.4 Å². The standard InChI is InChI=1S/C9H16N4O2/c1-6(2)13(4-8(10)14)5-9-11-7(3)12-15-9/h6H,4-5H2,1-3H3,(H2,10,14). The zero-order chi connectivity index (χ0) is 11.4. The number of hydrogen-bond donors (Lipinski definition) is 1. The topological polar surface area (TPSA) is 85.3 Å². The molecule has 0 spiro atoms. The number of aryl methyl sites for hydroxylation is 1. The number of nitrogens with zero attached hydrogens (tertiary/aromatic N) is 3. The number of amides is 1.